The highest BCUT2D eigenvalue weighted by Crippen LogP contribution is 2.28. The number of furan rings is 1. The van der Waals surface area contributed by atoms with Crippen LogP contribution in [-0.4, -0.2) is 13.2 Å². The van der Waals surface area contributed by atoms with Crippen molar-refractivity contribution >= 4 is 0 Å². The third-order valence-electron chi connectivity index (χ3n) is 2.82. The van der Waals surface area contributed by atoms with Crippen molar-refractivity contribution in [2.45, 2.75) is 32.7 Å². The Labute approximate surface area is 96.5 Å². The van der Waals surface area contributed by atoms with Gasteiger partial charge in [0.25, 0.3) is 0 Å². The van der Waals surface area contributed by atoms with E-state index in [0.717, 1.165) is 37.5 Å². The molecule has 0 radical (unpaired) electrons. The van der Waals surface area contributed by atoms with E-state index in [1.807, 2.05) is 6.07 Å². The average molecular weight is 221 g/mol. The van der Waals surface area contributed by atoms with Gasteiger partial charge in [-0.3, -0.25) is 0 Å². The van der Waals surface area contributed by atoms with Crippen molar-refractivity contribution in [2.24, 2.45) is 0 Å². The van der Waals surface area contributed by atoms with Crippen molar-refractivity contribution in [3.05, 3.63) is 35.5 Å². The molecule has 0 aromatic carbocycles. The molecular weight excluding hydrogens is 202 g/mol. The van der Waals surface area contributed by atoms with E-state index in [0.29, 0.717) is 0 Å². The molecule has 1 atom stereocenters. The molecule has 16 heavy (non-hydrogen) atoms. The van der Waals surface area contributed by atoms with E-state index in [9.17, 15) is 0 Å². The fraction of sp³-hybridized carbons (Fsp3) is 0.538. The standard InChI is InChI=1S/C13H19NO2/c1-3-14-12(11-6-4-5-8-15-11)13-10(2)7-9-16-13/h6-7,9,12,14H,3-5,8H2,1-2H3. The van der Waals surface area contributed by atoms with Gasteiger partial charge in [0.05, 0.1) is 12.9 Å². The first-order valence-electron chi connectivity index (χ1n) is 5.93. The van der Waals surface area contributed by atoms with Gasteiger partial charge < -0.3 is 14.5 Å². The lowest BCUT2D eigenvalue weighted by molar-refractivity contribution is 0.162. The smallest absolute Gasteiger partial charge is 0.131 e. The van der Waals surface area contributed by atoms with Gasteiger partial charge in [-0.25, -0.2) is 0 Å². The predicted octanol–water partition coefficient (Wildman–Crippen LogP) is 2.93. The Balaban J connectivity index is 2.23. The fourth-order valence-corrected chi connectivity index (χ4v) is 1.98. The van der Waals surface area contributed by atoms with Gasteiger partial charge in [0.2, 0.25) is 0 Å². The number of aryl methyl sites for hydroxylation is 1. The first-order valence-corrected chi connectivity index (χ1v) is 5.93. The minimum Gasteiger partial charge on any atom is -0.496 e. The predicted molar refractivity (Wildman–Crippen MR) is 63.1 cm³/mol. The van der Waals surface area contributed by atoms with Gasteiger partial charge in [-0.05, 0) is 44.0 Å². The number of ether oxygens (including phenoxy) is 1. The van der Waals surface area contributed by atoms with Crippen LogP contribution in [0.25, 0.3) is 0 Å². The molecule has 88 valence electrons. The molecule has 1 aliphatic rings. The van der Waals surface area contributed by atoms with Gasteiger partial charge in [-0.15, -0.1) is 0 Å². The van der Waals surface area contributed by atoms with Crippen LogP contribution in [0.3, 0.4) is 0 Å². The van der Waals surface area contributed by atoms with E-state index in [-0.39, 0.29) is 6.04 Å². The Kier molecular flexibility index (Phi) is 3.67. The molecule has 0 saturated carbocycles. The molecule has 1 aromatic rings. The van der Waals surface area contributed by atoms with Crippen molar-refractivity contribution in [3.63, 3.8) is 0 Å². The summed E-state index contributed by atoms with van der Waals surface area (Å²) in [5.41, 5.74) is 1.17. The van der Waals surface area contributed by atoms with Crippen LogP contribution in [0.5, 0.6) is 0 Å². The minimum atomic E-state index is 0.0697. The molecule has 0 saturated heterocycles. The third kappa shape index (κ3) is 2.30. The number of rotatable bonds is 4. The van der Waals surface area contributed by atoms with Gasteiger partial charge >= 0.3 is 0 Å². The van der Waals surface area contributed by atoms with Crippen molar-refractivity contribution in [1.29, 1.82) is 0 Å². The van der Waals surface area contributed by atoms with E-state index in [4.69, 9.17) is 9.15 Å². The Bertz CT molecular complexity index is 368. The molecular formula is C13H19NO2. The number of likely N-dealkylation sites (N-methyl/N-ethyl adjacent to an activating group) is 1. The van der Waals surface area contributed by atoms with Crippen LogP contribution in [0.2, 0.25) is 0 Å². The van der Waals surface area contributed by atoms with Crippen LogP contribution >= 0.6 is 0 Å². The third-order valence-corrected chi connectivity index (χ3v) is 2.82. The van der Waals surface area contributed by atoms with Crippen molar-refractivity contribution < 1.29 is 9.15 Å². The summed E-state index contributed by atoms with van der Waals surface area (Å²) in [7, 11) is 0. The maximum Gasteiger partial charge on any atom is 0.131 e. The average Bonchev–Trinajstić information content (AvgIpc) is 2.73. The molecule has 0 spiro atoms. The van der Waals surface area contributed by atoms with Crippen molar-refractivity contribution in [1.82, 2.24) is 5.32 Å². The van der Waals surface area contributed by atoms with Crippen LogP contribution in [0.15, 0.2) is 28.6 Å². The molecule has 3 heteroatoms. The molecule has 0 fully saturated rings. The summed E-state index contributed by atoms with van der Waals surface area (Å²) in [6.07, 6.45) is 6.10. The highest BCUT2D eigenvalue weighted by molar-refractivity contribution is 5.25. The topological polar surface area (TPSA) is 34.4 Å². The zero-order valence-corrected chi connectivity index (χ0v) is 9.95. The second kappa shape index (κ2) is 5.21. The fourth-order valence-electron chi connectivity index (χ4n) is 1.98. The Morgan fingerprint density at radius 3 is 2.94 bits per heavy atom. The summed E-state index contributed by atoms with van der Waals surface area (Å²) in [6.45, 7) is 5.86. The maximum absolute atomic E-state index is 5.71. The normalized spacial score (nSPS) is 17.8. The molecule has 1 aromatic heterocycles. The van der Waals surface area contributed by atoms with Crippen LogP contribution in [-0.2, 0) is 4.74 Å². The number of nitrogens with one attached hydrogen (secondary N) is 1. The Morgan fingerprint density at radius 1 is 1.50 bits per heavy atom. The first-order chi connectivity index (χ1) is 7.83. The van der Waals surface area contributed by atoms with E-state index >= 15 is 0 Å². The Morgan fingerprint density at radius 2 is 2.38 bits per heavy atom. The second-order valence-corrected chi connectivity index (χ2v) is 4.06. The number of hydrogen-bond donors (Lipinski definition) is 1. The van der Waals surface area contributed by atoms with Crippen LogP contribution < -0.4 is 5.32 Å². The second-order valence-electron chi connectivity index (χ2n) is 4.06. The van der Waals surface area contributed by atoms with Crippen LogP contribution in [0.4, 0.5) is 0 Å². The summed E-state index contributed by atoms with van der Waals surface area (Å²) in [5, 5.41) is 3.41. The summed E-state index contributed by atoms with van der Waals surface area (Å²) in [4.78, 5) is 0. The molecule has 2 rings (SSSR count). The zero-order valence-electron chi connectivity index (χ0n) is 9.95. The van der Waals surface area contributed by atoms with Crippen LogP contribution in [0.1, 0.15) is 37.1 Å². The molecule has 3 nitrogen and oxygen atoms in total. The molecule has 2 heterocycles. The molecule has 0 amide bonds. The quantitative estimate of drug-likeness (QED) is 0.848. The van der Waals surface area contributed by atoms with Gasteiger partial charge in [0.15, 0.2) is 0 Å². The maximum atomic E-state index is 5.71. The van der Waals surface area contributed by atoms with Crippen LogP contribution in [0, 0.1) is 6.92 Å². The van der Waals surface area contributed by atoms with Gasteiger partial charge in [-0.2, -0.15) is 0 Å². The molecule has 1 aliphatic heterocycles. The van der Waals surface area contributed by atoms with Crippen molar-refractivity contribution in [3.8, 4) is 0 Å². The van der Waals surface area contributed by atoms with E-state index in [2.05, 4.69) is 25.2 Å². The Hall–Kier alpha value is -1.22. The highest BCUT2D eigenvalue weighted by atomic mass is 16.5. The SMILES string of the molecule is CCNC(C1=CCCCO1)c1occc1C. The lowest BCUT2D eigenvalue weighted by Gasteiger charge is -2.23. The largest absolute Gasteiger partial charge is 0.496 e. The van der Waals surface area contributed by atoms with E-state index in [1.165, 1.54) is 5.56 Å². The van der Waals surface area contributed by atoms with E-state index in [1.54, 1.807) is 6.26 Å². The summed E-state index contributed by atoms with van der Waals surface area (Å²) < 4.78 is 11.3. The lowest BCUT2D eigenvalue weighted by atomic mass is 10.1. The monoisotopic (exact) mass is 221 g/mol. The molecule has 0 aliphatic carbocycles. The number of hydrogen-bond acceptors (Lipinski definition) is 3. The molecule has 1 N–H and O–H groups in total. The zero-order chi connectivity index (χ0) is 11.4. The molecule has 0 bridgehead atoms. The van der Waals surface area contributed by atoms with Gasteiger partial charge in [-0.1, -0.05) is 6.92 Å². The first kappa shape index (κ1) is 11.3. The summed E-state index contributed by atoms with van der Waals surface area (Å²) in [5.74, 6) is 1.97. The summed E-state index contributed by atoms with van der Waals surface area (Å²) >= 11 is 0. The lowest BCUT2D eigenvalue weighted by Crippen LogP contribution is -2.25. The van der Waals surface area contributed by atoms with Gasteiger partial charge in [0, 0.05) is 0 Å². The highest BCUT2D eigenvalue weighted by Gasteiger charge is 2.23. The summed E-state index contributed by atoms with van der Waals surface area (Å²) in [6, 6.07) is 2.06. The number of allylic oxidation sites excluding steroid dienone is 1. The van der Waals surface area contributed by atoms with Crippen molar-refractivity contribution in [2.75, 3.05) is 13.2 Å². The molecule has 1 unspecified atom stereocenters. The van der Waals surface area contributed by atoms with E-state index < -0.39 is 0 Å². The van der Waals surface area contributed by atoms with Gasteiger partial charge in [0.1, 0.15) is 17.6 Å². The minimum absolute atomic E-state index is 0.0697.